The number of aromatic nitrogens is 1. The first-order valence-corrected chi connectivity index (χ1v) is 6.95. The summed E-state index contributed by atoms with van der Waals surface area (Å²) in [5.74, 6) is 2.97. The largest absolute Gasteiger partial charge is 0.396 e. The molecule has 0 bridgehead atoms. The first kappa shape index (κ1) is 13.0. The lowest BCUT2D eigenvalue weighted by Gasteiger charge is -2.28. The third kappa shape index (κ3) is 3.28. The number of nitrogens with one attached hydrogen (secondary N) is 1. The van der Waals surface area contributed by atoms with Crippen LogP contribution in [0.5, 0.6) is 0 Å². The molecule has 0 aromatic carbocycles. The summed E-state index contributed by atoms with van der Waals surface area (Å²) < 4.78 is 0. The van der Waals surface area contributed by atoms with Crippen LogP contribution in [-0.4, -0.2) is 11.5 Å². The molecule has 5 N–H and O–H groups in total. The van der Waals surface area contributed by atoms with Crippen molar-refractivity contribution in [2.75, 3.05) is 23.3 Å². The van der Waals surface area contributed by atoms with Crippen LogP contribution in [0.3, 0.4) is 0 Å². The number of hydrogen-bond acceptors (Lipinski definition) is 4. The fourth-order valence-electron chi connectivity index (χ4n) is 2.68. The molecule has 4 heteroatoms. The predicted molar refractivity (Wildman–Crippen MR) is 77.3 cm³/mol. The van der Waals surface area contributed by atoms with Crippen LogP contribution in [-0.2, 0) is 0 Å². The standard InChI is InChI=1S/C14H24N4/c1-2-10-3-5-11(6-4-10)9-17-13-8-7-12(15)14(16)18-13/h7-8,10-11H,2-6,9,15H2,1H3,(H3,16,17,18). The van der Waals surface area contributed by atoms with Crippen LogP contribution in [0.25, 0.3) is 0 Å². The zero-order chi connectivity index (χ0) is 13.0. The Morgan fingerprint density at radius 1 is 1.17 bits per heavy atom. The maximum absolute atomic E-state index is 5.69. The Bertz CT molecular complexity index is 383. The number of rotatable bonds is 4. The Balaban J connectivity index is 1.79. The van der Waals surface area contributed by atoms with Crippen molar-refractivity contribution in [3.05, 3.63) is 12.1 Å². The number of pyridine rings is 1. The van der Waals surface area contributed by atoms with Crippen LogP contribution in [0.2, 0.25) is 0 Å². The molecule has 4 nitrogen and oxygen atoms in total. The summed E-state index contributed by atoms with van der Waals surface area (Å²) in [6.45, 7) is 3.29. The maximum Gasteiger partial charge on any atom is 0.149 e. The van der Waals surface area contributed by atoms with E-state index in [-0.39, 0.29) is 0 Å². The van der Waals surface area contributed by atoms with Crippen molar-refractivity contribution in [1.82, 2.24) is 4.98 Å². The van der Waals surface area contributed by atoms with Crippen LogP contribution in [0, 0.1) is 11.8 Å². The van der Waals surface area contributed by atoms with Crippen molar-refractivity contribution in [3.63, 3.8) is 0 Å². The van der Waals surface area contributed by atoms with E-state index >= 15 is 0 Å². The van der Waals surface area contributed by atoms with E-state index in [9.17, 15) is 0 Å². The Morgan fingerprint density at radius 3 is 2.44 bits per heavy atom. The molecule has 100 valence electrons. The Kier molecular flexibility index (Phi) is 4.28. The number of nitrogens with two attached hydrogens (primary N) is 2. The summed E-state index contributed by atoms with van der Waals surface area (Å²) in [5, 5.41) is 3.37. The minimum absolute atomic E-state index is 0.412. The third-order valence-corrected chi connectivity index (χ3v) is 4.07. The molecule has 0 aliphatic heterocycles. The van der Waals surface area contributed by atoms with Crippen LogP contribution in [0.4, 0.5) is 17.3 Å². The van der Waals surface area contributed by atoms with E-state index in [1.54, 1.807) is 6.07 Å². The van der Waals surface area contributed by atoms with Crippen molar-refractivity contribution in [1.29, 1.82) is 0 Å². The van der Waals surface area contributed by atoms with E-state index in [2.05, 4.69) is 17.2 Å². The average molecular weight is 248 g/mol. The topological polar surface area (TPSA) is 77.0 Å². The number of nitrogens with zero attached hydrogens (tertiary/aromatic N) is 1. The van der Waals surface area contributed by atoms with Gasteiger partial charge >= 0.3 is 0 Å². The van der Waals surface area contributed by atoms with E-state index in [0.29, 0.717) is 11.5 Å². The second kappa shape index (κ2) is 5.94. The molecule has 1 aliphatic carbocycles. The lowest BCUT2D eigenvalue weighted by Crippen LogP contribution is -2.21. The Hall–Kier alpha value is -1.45. The molecule has 0 saturated heterocycles. The molecular formula is C14H24N4. The molecule has 0 atom stereocenters. The summed E-state index contributed by atoms with van der Waals surface area (Å²) in [4.78, 5) is 4.23. The maximum atomic E-state index is 5.69. The van der Waals surface area contributed by atoms with Crippen molar-refractivity contribution in [3.8, 4) is 0 Å². The summed E-state index contributed by atoms with van der Waals surface area (Å²) in [7, 11) is 0. The number of nitrogen functional groups attached to an aromatic ring is 2. The molecule has 1 aliphatic rings. The van der Waals surface area contributed by atoms with E-state index in [0.717, 1.165) is 24.2 Å². The molecule has 1 heterocycles. The first-order chi connectivity index (χ1) is 8.69. The number of anilines is 3. The summed E-state index contributed by atoms with van der Waals surface area (Å²) >= 11 is 0. The minimum Gasteiger partial charge on any atom is -0.396 e. The van der Waals surface area contributed by atoms with Gasteiger partial charge in [-0.15, -0.1) is 0 Å². The second-order valence-corrected chi connectivity index (χ2v) is 5.35. The molecule has 1 saturated carbocycles. The van der Waals surface area contributed by atoms with Gasteiger partial charge in [0.1, 0.15) is 11.6 Å². The summed E-state index contributed by atoms with van der Waals surface area (Å²) in [6, 6.07) is 3.70. The van der Waals surface area contributed by atoms with Crippen molar-refractivity contribution in [2.45, 2.75) is 39.0 Å². The van der Waals surface area contributed by atoms with Gasteiger partial charge < -0.3 is 16.8 Å². The summed E-state index contributed by atoms with van der Waals surface area (Å²) in [5.41, 5.74) is 11.9. The highest BCUT2D eigenvalue weighted by molar-refractivity contribution is 5.61. The molecule has 1 aromatic rings. The SMILES string of the molecule is CCC1CCC(CNc2ccc(N)c(N)n2)CC1. The fourth-order valence-corrected chi connectivity index (χ4v) is 2.68. The lowest BCUT2D eigenvalue weighted by atomic mass is 9.81. The van der Waals surface area contributed by atoms with E-state index in [4.69, 9.17) is 11.5 Å². The highest BCUT2D eigenvalue weighted by atomic mass is 15.0. The fraction of sp³-hybridized carbons (Fsp3) is 0.643. The van der Waals surface area contributed by atoms with Crippen LogP contribution < -0.4 is 16.8 Å². The highest BCUT2D eigenvalue weighted by Crippen LogP contribution is 2.30. The molecule has 18 heavy (non-hydrogen) atoms. The van der Waals surface area contributed by atoms with Gasteiger partial charge in [0.25, 0.3) is 0 Å². The van der Waals surface area contributed by atoms with Gasteiger partial charge in [0.15, 0.2) is 0 Å². The molecule has 0 unspecified atom stereocenters. The molecule has 0 radical (unpaired) electrons. The van der Waals surface area contributed by atoms with Gasteiger partial charge in [-0.1, -0.05) is 26.2 Å². The van der Waals surface area contributed by atoms with E-state index < -0.39 is 0 Å². The van der Waals surface area contributed by atoms with Gasteiger partial charge in [-0.3, -0.25) is 0 Å². The van der Waals surface area contributed by atoms with Crippen LogP contribution >= 0.6 is 0 Å². The van der Waals surface area contributed by atoms with Crippen molar-refractivity contribution >= 4 is 17.3 Å². The van der Waals surface area contributed by atoms with Gasteiger partial charge in [-0.05, 0) is 36.8 Å². The van der Waals surface area contributed by atoms with E-state index in [1.807, 2.05) is 6.07 Å². The Morgan fingerprint density at radius 2 is 1.83 bits per heavy atom. The number of hydrogen-bond donors (Lipinski definition) is 3. The summed E-state index contributed by atoms with van der Waals surface area (Å²) in [6.07, 6.45) is 6.74. The monoisotopic (exact) mass is 248 g/mol. The normalized spacial score (nSPS) is 23.8. The smallest absolute Gasteiger partial charge is 0.149 e. The van der Waals surface area contributed by atoms with E-state index in [1.165, 1.54) is 32.1 Å². The van der Waals surface area contributed by atoms with Gasteiger partial charge in [-0.2, -0.15) is 0 Å². The molecular weight excluding hydrogens is 224 g/mol. The zero-order valence-electron chi connectivity index (χ0n) is 11.2. The molecule has 1 fully saturated rings. The predicted octanol–water partition coefficient (Wildman–Crippen LogP) is 2.87. The van der Waals surface area contributed by atoms with Gasteiger partial charge in [0.05, 0.1) is 5.69 Å². The Labute approximate surface area is 109 Å². The minimum atomic E-state index is 0.412. The zero-order valence-corrected chi connectivity index (χ0v) is 11.2. The molecule has 1 aromatic heterocycles. The highest BCUT2D eigenvalue weighted by Gasteiger charge is 2.19. The van der Waals surface area contributed by atoms with Crippen LogP contribution in [0.1, 0.15) is 39.0 Å². The van der Waals surface area contributed by atoms with Gasteiger partial charge in [-0.25, -0.2) is 4.98 Å². The lowest BCUT2D eigenvalue weighted by molar-refractivity contribution is 0.278. The second-order valence-electron chi connectivity index (χ2n) is 5.35. The van der Waals surface area contributed by atoms with Gasteiger partial charge in [0, 0.05) is 6.54 Å². The quantitative estimate of drug-likeness (QED) is 0.765. The van der Waals surface area contributed by atoms with Crippen molar-refractivity contribution < 1.29 is 0 Å². The van der Waals surface area contributed by atoms with Crippen LogP contribution in [0.15, 0.2) is 12.1 Å². The third-order valence-electron chi connectivity index (χ3n) is 4.07. The average Bonchev–Trinajstić information content (AvgIpc) is 2.41. The molecule has 0 amide bonds. The van der Waals surface area contributed by atoms with Gasteiger partial charge in [0.2, 0.25) is 0 Å². The van der Waals surface area contributed by atoms with Crippen molar-refractivity contribution in [2.24, 2.45) is 11.8 Å². The first-order valence-electron chi connectivity index (χ1n) is 6.95. The molecule has 0 spiro atoms. The molecule has 2 rings (SSSR count).